The van der Waals surface area contributed by atoms with Crippen LogP contribution in [-0.2, 0) is 6.54 Å². The van der Waals surface area contributed by atoms with E-state index in [1.807, 2.05) is 43.3 Å². The Morgan fingerprint density at radius 1 is 0.938 bits per heavy atom. The summed E-state index contributed by atoms with van der Waals surface area (Å²) in [4.78, 5) is 25.2. The van der Waals surface area contributed by atoms with Crippen LogP contribution in [0.1, 0.15) is 31.8 Å². The lowest BCUT2D eigenvalue weighted by atomic mass is 10.1. The van der Waals surface area contributed by atoms with Crippen LogP contribution in [0.15, 0.2) is 60.7 Å². The first-order valence-corrected chi connectivity index (χ1v) is 10.3. The Balaban J connectivity index is 1.41. The van der Waals surface area contributed by atoms with E-state index in [4.69, 9.17) is 14.2 Å². The van der Waals surface area contributed by atoms with Gasteiger partial charge in [0.15, 0.2) is 11.5 Å². The van der Waals surface area contributed by atoms with Gasteiger partial charge < -0.3 is 24.8 Å². The van der Waals surface area contributed by atoms with Crippen molar-refractivity contribution in [2.24, 2.45) is 0 Å². The van der Waals surface area contributed by atoms with E-state index in [9.17, 15) is 9.59 Å². The van der Waals surface area contributed by atoms with Crippen LogP contribution in [0.5, 0.6) is 17.2 Å². The van der Waals surface area contributed by atoms with Crippen LogP contribution >= 0.6 is 0 Å². The van der Waals surface area contributed by atoms with Crippen molar-refractivity contribution in [1.82, 2.24) is 5.32 Å². The van der Waals surface area contributed by atoms with Gasteiger partial charge in [-0.05, 0) is 48.9 Å². The van der Waals surface area contributed by atoms with Gasteiger partial charge in [-0.25, -0.2) is 0 Å². The third-order valence-corrected chi connectivity index (χ3v) is 5.04. The van der Waals surface area contributed by atoms with Gasteiger partial charge in [0, 0.05) is 23.4 Å². The Morgan fingerprint density at radius 3 is 2.50 bits per heavy atom. The molecule has 0 spiro atoms. The number of methoxy groups -OCH3 is 1. The topological polar surface area (TPSA) is 85.9 Å². The lowest BCUT2D eigenvalue weighted by Gasteiger charge is -2.21. The second kappa shape index (κ2) is 9.43. The molecular formula is C25H24N2O5. The van der Waals surface area contributed by atoms with Crippen LogP contribution in [0.25, 0.3) is 0 Å². The predicted molar refractivity (Wildman–Crippen MR) is 121 cm³/mol. The Kier molecular flexibility index (Phi) is 6.26. The first-order chi connectivity index (χ1) is 15.5. The summed E-state index contributed by atoms with van der Waals surface area (Å²) in [5.74, 6) is 0.992. The minimum atomic E-state index is -0.269. The van der Waals surface area contributed by atoms with Gasteiger partial charge >= 0.3 is 0 Å². The van der Waals surface area contributed by atoms with Crippen molar-refractivity contribution in [3.63, 3.8) is 0 Å². The van der Waals surface area contributed by atoms with Crippen molar-refractivity contribution in [3.8, 4) is 17.2 Å². The summed E-state index contributed by atoms with van der Waals surface area (Å²) in [5, 5.41) is 5.78. The lowest BCUT2D eigenvalue weighted by Crippen LogP contribution is -2.24. The van der Waals surface area contributed by atoms with Gasteiger partial charge in [-0.3, -0.25) is 9.59 Å². The lowest BCUT2D eigenvalue weighted by molar-refractivity contribution is 0.0948. The average Bonchev–Trinajstić information content (AvgIpc) is 2.82. The van der Waals surface area contributed by atoms with Gasteiger partial charge in [0.25, 0.3) is 11.8 Å². The summed E-state index contributed by atoms with van der Waals surface area (Å²) in [6.45, 7) is 3.12. The van der Waals surface area contributed by atoms with Crippen molar-refractivity contribution >= 4 is 17.5 Å². The summed E-state index contributed by atoms with van der Waals surface area (Å²) in [5.41, 5.74) is 3.60. The monoisotopic (exact) mass is 432 g/mol. The van der Waals surface area contributed by atoms with E-state index in [1.165, 1.54) is 7.11 Å². The van der Waals surface area contributed by atoms with Crippen molar-refractivity contribution in [3.05, 3.63) is 82.9 Å². The molecule has 7 heteroatoms. The Labute approximate surface area is 186 Å². The molecule has 3 aromatic rings. The number of nitrogens with one attached hydrogen (secondary N) is 2. The molecule has 1 heterocycles. The zero-order valence-electron chi connectivity index (χ0n) is 17.9. The minimum Gasteiger partial charge on any atom is -0.493 e. The Morgan fingerprint density at radius 2 is 1.72 bits per heavy atom. The van der Waals surface area contributed by atoms with Crippen molar-refractivity contribution < 1.29 is 23.8 Å². The van der Waals surface area contributed by atoms with E-state index in [-0.39, 0.29) is 11.8 Å². The van der Waals surface area contributed by atoms with E-state index in [0.717, 1.165) is 11.1 Å². The van der Waals surface area contributed by atoms with Gasteiger partial charge in [0.2, 0.25) is 5.75 Å². The number of aryl methyl sites for hydroxylation is 1. The quantitative estimate of drug-likeness (QED) is 0.616. The van der Waals surface area contributed by atoms with Crippen LogP contribution in [0.4, 0.5) is 5.69 Å². The molecule has 1 aliphatic rings. The molecule has 1 aliphatic heterocycles. The molecule has 2 N–H and O–H groups in total. The highest BCUT2D eigenvalue weighted by atomic mass is 16.6. The van der Waals surface area contributed by atoms with Gasteiger partial charge in [0.05, 0.1) is 7.11 Å². The molecule has 0 unspecified atom stereocenters. The molecule has 0 aromatic heterocycles. The van der Waals surface area contributed by atoms with Gasteiger partial charge in [-0.2, -0.15) is 0 Å². The maximum Gasteiger partial charge on any atom is 0.255 e. The predicted octanol–water partition coefficient (Wildman–Crippen LogP) is 3.96. The fraction of sp³-hybridized carbons (Fsp3) is 0.200. The number of fused-ring (bicyclic) bond motifs is 1. The number of ether oxygens (including phenoxy) is 3. The number of hydrogen-bond acceptors (Lipinski definition) is 5. The third-order valence-electron chi connectivity index (χ3n) is 5.04. The number of carbonyl (C=O) groups is 2. The molecule has 0 atom stereocenters. The summed E-state index contributed by atoms with van der Waals surface area (Å²) >= 11 is 0. The normalized spacial score (nSPS) is 12.1. The maximum absolute atomic E-state index is 12.7. The number of hydrogen-bond donors (Lipinski definition) is 2. The van der Waals surface area contributed by atoms with Crippen molar-refractivity contribution in [2.45, 2.75) is 13.5 Å². The van der Waals surface area contributed by atoms with Gasteiger partial charge in [-0.1, -0.05) is 29.8 Å². The third kappa shape index (κ3) is 4.83. The van der Waals surface area contributed by atoms with Crippen LogP contribution in [0.3, 0.4) is 0 Å². The number of benzene rings is 3. The molecular weight excluding hydrogens is 408 g/mol. The van der Waals surface area contributed by atoms with Crippen LogP contribution < -0.4 is 24.8 Å². The maximum atomic E-state index is 12.7. The molecule has 0 aliphatic carbocycles. The Bertz CT molecular complexity index is 1120. The molecule has 0 saturated carbocycles. The molecule has 3 aromatic carbocycles. The fourth-order valence-corrected chi connectivity index (χ4v) is 3.36. The highest BCUT2D eigenvalue weighted by molar-refractivity contribution is 6.04. The Hall–Kier alpha value is -4.00. The molecule has 0 bridgehead atoms. The van der Waals surface area contributed by atoms with Crippen molar-refractivity contribution in [1.29, 1.82) is 0 Å². The summed E-state index contributed by atoms with van der Waals surface area (Å²) < 4.78 is 16.5. The van der Waals surface area contributed by atoms with Crippen LogP contribution in [0.2, 0.25) is 0 Å². The van der Waals surface area contributed by atoms with E-state index in [2.05, 4.69) is 10.6 Å². The number of rotatable bonds is 6. The van der Waals surface area contributed by atoms with Gasteiger partial charge in [0.1, 0.15) is 13.2 Å². The summed E-state index contributed by atoms with van der Waals surface area (Å²) in [6, 6.07) is 18.0. The molecule has 0 fully saturated rings. The van der Waals surface area contributed by atoms with E-state index < -0.39 is 0 Å². The first-order valence-electron chi connectivity index (χ1n) is 10.3. The SMILES string of the molecule is COc1cc(C(=O)NCc2cccc(NC(=O)c3ccc(C)cc3)c2)cc2c1OCCO2. The van der Waals surface area contributed by atoms with E-state index >= 15 is 0 Å². The standard InChI is InChI=1S/C25H24N2O5/c1-16-6-8-18(9-7-16)25(29)27-20-5-3-4-17(12-20)15-26-24(28)19-13-21(30-2)23-22(14-19)31-10-11-32-23/h3-9,12-14H,10-11,15H2,1-2H3,(H,26,28)(H,27,29). The molecule has 2 amide bonds. The van der Waals surface area contributed by atoms with Gasteiger partial charge in [-0.15, -0.1) is 0 Å². The first kappa shape index (κ1) is 21.2. The zero-order valence-corrected chi connectivity index (χ0v) is 17.9. The molecule has 164 valence electrons. The van der Waals surface area contributed by atoms with Crippen LogP contribution in [0, 0.1) is 6.92 Å². The second-order valence-corrected chi connectivity index (χ2v) is 7.41. The largest absolute Gasteiger partial charge is 0.493 e. The second-order valence-electron chi connectivity index (χ2n) is 7.41. The van der Waals surface area contributed by atoms with E-state index in [0.29, 0.717) is 53.8 Å². The molecule has 7 nitrogen and oxygen atoms in total. The zero-order chi connectivity index (χ0) is 22.5. The minimum absolute atomic E-state index is 0.186. The van der Waals surface area contributed by atoms with E-state index in [1.54, 1.807) is 24.3 Å². The fourth-order valence-electron chi connectivity index (χ4n) is 3.36. The summed E-state index contributed by atoms with van der Waals surface area (Å²) in [6.07, 6.45) is 0. The molecule has 32 heavy (non-hydrogen) atoms. The summed E-state index contributed by atoms with van der Waals surface area (Å²) in [7, 11) is 1.52. The highest BCUT2D eigenvalue weighted by Gasteiger charge is 2.20. The highest BCUT2D eigenvalue weighted by Crippen LogP contribution is 2.40. The average molecular weight is 432 g/mol. The molecule has 4 rings (SSSR count). The number of carbonyl (C=O) groups excluding carboxylic acids is 2. The molecule has 0 radical (unpaired) electrons. The van der Waals surface area contributed by atoms with Crippen LogP contribution in [-0.4, -0.2) is 32.1 Å². The van der Waals surface area contributed by atoms with Crippen molar-refractivity contribution in [2.75, 3.05) is 25.6 Å². The molecule has 0 saturated heterocycles. The number of amides is 2. The smallest absolute Gasteiger partial charge is 0.255 e. The number of anilines is 1.